The van der Waals surface area contributed by atoms with Gasteiger partial charge in [0.05, 0.1) is 12.7 Å². The van der Waals surface area contributed by atoms with Crippen LogP contribution < -0.4 is 0 Å². The van der Waals surface area contributed by atoms with Crippen molar-refractivity contribution in [2.45, 2.75) is 51.2 Å². The first-order valence-electron chi connectivity index (χ1n) is 5.72. The highest BCUT2D eigenvalue weighted by Gasteiger charge is 2.37. The minimum absolute atomic E-state index is 0.398. The molecule has 0 unspecified atom stereocenters. The van der Waals surface area contributed by atoms with Crippen LogP contribution in [-0.4, -0.2) is 25.4 Å². The number of hydrogen-bond acceptors (Lipinski definition) is 2. The highest BCUT2D eigenvalue weighted by Crippen LogP contribution is 2.27. The van der Waals surface area contributed by atoms with E-state index in [2.05, 4.69) is 6.58 Å². The summed E-state index contributed by atoms with van der Waals surface area (Å²) >= 11 is 0. The molecule has 1 fully saturated rings. The Morgan fingerprint density at radius 3 is 2.86 bits per heavy atom. The molecule has 0 amide bonds. The molecular weight excluding hydrogens is 176 g/mol. The summed E-state index contributed by atoms with van der Waals surface area (Å²) in [5.41, 5.74) is 0. The summed E-state index contributed by atoms with van der Waals surface area (Å²) in [4.78, 5) is 0. The summed E-state index contributed by atoms with van der Waals surface area (Å²) in [6, 6.07) is 0. The normalized spacial score (nSPS) is 24.9. The smallest absolute Gasteiger partial charge is 0.107 e. The quantitative estimate of drug-likeness (QED) is 0.323. The van der Waals surface area contributed by atoms with E-state index in [4.69, 9.17) is 9.47 Å². The van der Waals surface area contributed by atoms with E-state index >= 15 is 0 Å². The molecule has 2 atom stereocenters. The Hall–Kier alpha value is -0.340. The van der Waals surface area contributed by atoms with Gasteiger partial charge in [-0.25, -0.2) is 0 Å². The van der Waals surface area contributed by atoms with Crippen molar-refractivity contribution < 1.29 is 9.47 Å². The van der Waals surface area contributed by atoms with Crippen molar-refractivity contribution >= 4 is 0 Å². The third-order valence-electron chi connectivity index (χ3n) is 2.57. The maximum atomic E-state index is 5.48. The average Bonchev–Trinajstić information content (AvgIpc) is 2.93. The Labute approximate surface area is 87.3 Å². The predicted octanol–water partition coefficient (Wildman–Crippen LogP) is 2.93. The summed E-state index contributed by atoms with van der Waals surface area (Å²) < 4.78 is 10.8. The summed E-state index contributed by atoms with van der Waals surface area (Å²) in [5.74, 6) is 0. The topological polar surface area (TPSA) is 21.8 Å². The highest BCUT2D eigenvalue weighted by molar-refractivity contribution is 4.84. The molecule has 0 aromatic carbocycles. The van der Waals surface area contributed by atoms with Crippen LogP contribution in [0, 0.1) is 0 Å². The molecule has 0 aromatic rings. The molecule has 2 heteroatoms. The standard InChI is InChI=1S/C12H22O2/c1-3-5-6-7-8-9-11-12(14-11)10-13-4-2/h3,11-12H,1,4-10H2,2H3/t11-,12-/m1/s1. The maximum absolute atomic E-state index is 5.48. The van der Waals surface area contributed by atoms with Gasteiger partial charge in [-0.2, -0.15) is 0 Å². The lowest BCUT2D eigenvalue weighted by atomic mass is 10.1. The Morgan fingerprint density at radius 1 is 1.29 bits per heavy atom. The average molecular weight is 198 g/mol. The molecule has 0 aromatic heterocycles. The van der Waals surface area contributed by atoms with Crippen LogP contribution >= 0.6 is 0 Å². The van der Waals surface area contributed by atoms with Gasteiger partial charge in [0, 0.05) is 6.61 Å². The van der Waals surface area contributed by atoms with E-state index in [1.54, 1.807) is 0 Å². The van der Waals surface area contributed by atoms with Gasteiger partial charge in [-0.1, -0.05) is 18.9 Å². The Morgan fingerprint density at radius 2 is 2.14 bits per heavy atom. The minimum Gasteiger partial charge on any atom is -0.379 e. The molecule has 0 radical (unpaired) electrons. The summed E-state index contributed by atoms with van der Waals surface area (Å²) in [6.45, 7) is 7.31. The van der Waals surface area contributed by atoms with Crippen molar-refractivity contribution in [3.63, 3.8) is 0 Å². The second kappa shape index (κ2) is 7.02. The van der Waals surface area contributed by atoms with Crippen LogP contribution in [0.3, 0.4) is 0 Å². The number of epoxide rings is 1. The molecule has 1 heterocycles. The van der Waals surface area contributed by atoms with E-state index in [-0.39, 0.29) is 0 Å². The van der Waals surface area contributed by atoms with Crippen molar-refractivity contribution in [1.82, 2.24) is 0 Å². The van der Waals surface area contributed by atoms with E-state index in [1.165, 1.54) is 25.7 Å². The van der Waals surface area contributed by atoms with Crippen molar-refractivity contribution in [3.05, 3.63) is 12.7 Å². The molecule has 1 aliphatic rings. The van der Waals surface area contributed by atoms with Gasteiger partial charge in [0.1, 0.15) is 6.10 Å². The van der Waals surface area contributed by atoms with Gasteiger partial charge < -0.3 is 9.47 Å². The van der Waals surface area contributed by atoms with E-state index in [0.717, 1.165) is 19.6 Å². The van der Waals surface area contributed by atoms with E-state index < -0.39 is 0 Å². The van der Waals surface area contributed by atoms with Gasteiger partial charge in [-0.15, -0.1) is 6.58 Å². The lowest BCUT2D eigenvalue weighted by Crippen LogP contribution is -2.04. The fourth-order valence-corrected chi connectivity index (χ4v) is 1.62. The molecule has 0 saturated carbocycles. The second-order valence-corrected chi connectivity index (χ2v) is 3.80. The molecule has 0 spiro atoms. The molecule has 1 aliphatic heterocycles. The minimum atomic E-state index is 0.398. The molecule has 0 aliphatic carbocycles. The van der Waals surface area contributed by atoms with Crippen LogP contribution in [0.5, 0.6) is 0 Å². The van der Waals surface area contributed by atoms with Crippen molar-refractivity contribution in [2.75, 3.05) is 13.2 Å². The van der Waals surface area contributed by atoms with Crippen LogP contribution in [0.2, 0.25) is 0 Å². The fourth-order valence-electron chi connectivity index (χ4n) is 1.62. The third-order valence-corrected chi connectivity index (χ3v) is 2.57. The third kappa shape index (κ3) is 4.77. The van der Waals surface area contributed by atoms with Crippen molar-refractivity contribution in [3.8, 4) is 0 Å². The number of unbranched alkanes of at least 4 members (excludes halogenated alkanes) is 3. The first-order valence-corrected chi connectivity index (χ1v) is 5.72. The lowest BCUT2D eigenvalue weighted by Gasteiger charge is -1.97. The zero-order chi connectivity index (χ0) is 10.2. The van der Waals surface area contributed by atoms with Crippen molar-refractivity contribution in [1.29, 1.82) is 0 Å². The van der Waals surface area contributed by atoms with Gasteiger partial charge in [-0.05, 0) is 26.2 Å². The van der Waals surface area contributed by atoms with Gasteiger partial charge in [0.25, 0.3) is 0 Å². The SMILES string of the molecule is C=CCCCCC[C@H]1O[C@@H]1COCC. The molecule has 2 nitrogen and oxygen atoms in total. The second-order valence-electron chi connectivity index (χ2n) is 3.80. The first kappa shape index (κ1) is 11.7. The van der Waals surface area contributed by atoms with Crippen molar-refractivity contribution in [2.24, 2.45) is 0 Å². The zero-order valence-electron chi connectivity index (χ0n) is 9.21. The van der Waals surface area contributed by atoms with Gasteiger partial charge >= 0.3 is 0 Å². The molecule has 0 N–H and O–H groups in total. The highest BCUT2D eigenvalue weighted by atomic mass is 16.6. The van der Waals surface area contributed by atoms with Crippen LogP contribution in [-0.2, 0) is 9.47 Å². The number of ether oxygens (including phenoxy) is 2. The lowest BCUT2D eigenvalue weighted by molar-refractivity contribution is 0.128. The largest absolute Gasteiger partial charge is 0.379 e. The maximum Gasteiger partial charge on any atom is 0.107 e. The summed E-state index contributed by atoms with van der Waals surface area (Å²) in [7, 11) is 0. The van der Waals surface area contributed by atoms with Gasteiger partial charge in [0.15, 0.2) is 0 Å². The van der Waals surface area contributed by atoms with Crippen LogP contribution in [0.15, 0.2) is 12.7 Å². The molecular formula is C12H22O2. The first-order chi connectivity index (χ1) is 6.88. The Kier molecular flexibility index (Phi) is 5.88. The van der Waals surface area contributed by atoms with E-state index in [1.807, 2.05) is 13.0 Å². The molecule has 82 valence electrons. The van der Waals surface area contributed by atoms with E-state index in [9.17, 15) is 0 Å². The number of hydrogen-bond donors (Lipinski definition) is 0. The van der Waals surface area contributed by atoms with E-state index in [0.29, 0.717) is 12.2 Å². The van der Waals surface area contributed by atoms with Crippen LogP contribution in [0.1, 0.15) is 39.0 Å². The molecule has 14 heavy (non-hydrogen) atoms. The predicted molar refractivity (Wildman–Crippen MR) is 58.4 cm³/mol. The van der Waals surface area contributed by atoms with Crippen LogP contribution in [0.4, 0.5) is 0 Å². The molecule has 1 rings (SSSR count). The molecule has 0 bridgehead atoms. The Bertz CT molecular complexity index is 156. The Balaban J connectivity index is 1.83. The van der Waals surface area contributed by atoms with Crippen LogP contribution in [0.25, 0.3) is 0 Å². The summed E-state index contributed by atoms with van der Waals surface area (Å²) in [5, 5.41) is 0. The number of rotatable bonds is 9. The number of allylic oxidation sites excluding steroid dienone is 1. The monoisotopic (exact) mass is 198 g/mol. The fraction of sp³-hybridized carbons (Fsp3) is 0.833. The molecule has 1 saturated heterocycles. The van der Waals surface area contributed by atoms with Gasteiger partial charge in [0.2, 0.25) is 0 Å². The summed E-state index contributed by atoms with van der Waals surface area (Å²) in [6.07, 6.45) is 9.08. The zero-order valence-corrected chi connectivity index (χ0v) is 9.21. The van der Waals surface area contributed by atoms with Gasteiger partial charge in [-0.3, -0.25) is 0 Å².